The molecular formula is C42H83N2+. The van der Waals surface area contributed by atoms with E-state index >= 15 is 0 Å². The van der Waals surface area contributed by atoms with E-state index < -0.39 is 0 Å². The van der Waals surface area contributed by atoms with Crippen molar-refractivity contribution in [2.75, 3.05) is 0 Å². The molecule has 0 fully saturated rings. The standard InChI is InChI=1S/C42H82N2/c1-5-8-11-13-15-17-19-21-22-23-24-26-28-30-33-35-40(4)44-39-38-43-42(44)41(36-32-10-7-3)37-34-31-29-27-25-20-18-16-14-12-9-6-2/h38-41H,5-37H2,1-4H3/p+1. The van der Waals surface area contributed by atoms with Gasteiger partial charge in [0.2, 0.25) is 0 Å². The molecule has 1 aromatic heterocycles. The van der Waals surface area contributed by atoms with E-state index in [2.05, 4.69) is 49.6 Å². The SMILES string of the molecule is CCCCCCCCCCCCCCCCCC(C)[n+]1cc[nH]c1C(CCCCC)CCCCCCCCCCCCCC. The van der Waals surface area contributed by atoms with Crippen molar-refractivity contribution in [3.8, 4) is 0 Å². The average molecular weight is 616 g/mol. The van der Waals surface area contributed by atoms with Gasteiger partial charge in [0.1, 0.15) is 12.4 Å². The summed E-state index contributed by atoms with van der Waals surface area (Å²) < 4.78 is 2.63. The summed E-state index contributed by atoms with van der Waals surface area (Å²) >= 11 is 0. The van der Waals surface area contributed by atoms with Crippen LogP contribution in [0.1, 0.15) is 257 Å². The van der Waals surface area contributed by atoms with Crippen LogP contribution in [0.4, 0.5) is 0 Å². The predicted octanol–water partition coefficient (Wildman–Crippen LogP) is 14.9. The summed E-state index contributed by atoms with van der Waals surface area (Å²) in [7, 11) is 0. The van der Waals surface area contributed by atoms with Crippen molar-refractivity contribution in [2.45, 2.75) is 252 Å². The van der Waals surface area contributed by atoms with Crippen LogP contribution in [-0.4, -0.2) is 4.98 Å². The average Bonchev–Trinajstić information content (AvgIpc) is 3.52. The lowest BCUT2D eigenvalue weighted by Gasteiger charge is -2.17. The van der Waals surface area contributed by atoms with Gasteiger partial charge in [0, 0.05) is 0 Å². The molecule has 1 rings (SSSR count). The molecule has 0 saturated carbocycles. The molecule has 0 spiro atoms. The minimum absolute atomic E-state index is 0.619. The highest BCUT2D eigenvalue weighted by Gasteiger charge is 2.25. The Kier molecular flexibility index (Phi) is 30.1. The largest absolute Gasteiger partial charge is 0.257 e. The lowest BCUT2D eigenvalue weighted by Crippen LogP contribution is -2.41. The molecular weight excluding hydrogens is 532 g/mol. The molecule has 2 heteroatoms. The lowest BCUT2D eigenvalue weighted by atomic mass is 9.93. The molecule has 0 aromatic carbocycles. The van der Waals surface area contributed by atoms with Crippen LogP contribution < -0.4 is 4.57 Å². The van der Waals surface area contributed by atoms with Gasteiger partial charge in [0.25, 0.3) is 5.82 Å². The van der Waals surface area contributed by atoms with Gasteiger partial charge in [-0.25, -0.2) is 9.55 Å². The van der Waals surface area contributed by atoms with Gasteiger partial charge < -0.3 is 0 Å². The number of aromatic amines is 1. The maximum absolute atomic E-state index is 3.72. The summed E-state index contributed by atoms with van der Waals surface area (Å²) in [5.74, 6) is 2.24. The van der Waals surface area contributed by atoms with Gasteiger partial charge in [0.05, 0.1) is 12.0 Å². The predicted molar refractivity (Wildman–Crippen MR) is 198 cm³/mol. The first-order valence-corrected chi connectivity index (χ1v) is 20.8. The van der Waals surface area contributed by atoms with Crippen LogP contribution >= 0.6 is 0 Å². The molecule has 2 atom stereocenters. The fraction of sp³-hybridized carbons (Fsp3) is 0.929. The summed E-state index contributed by atoms with van der Waals surface area (Å²) in [6, 6.07) is 0.619. The van der Waals surface area contributed by atoms with Crippen molar-refractivity contribution in [2.24, 2.45) is 0 Å². The van der Waals surface area contributed by atoms with Gasteiger partial charge in [-0.3, -0.25) is 0 Å². The first-order chi connectivity index (χ1) is 21.7. The molecule has 0 aliphatic rings. The summed E-state index contributed by atoms with van der Waals surface area (Å²) in [6.07, 6.45) is 51.7. The number of nitrogens with one attached hydrogen (secondary N) is 1. The number of unbranched alkanes of at least 4 members (excludes halogenated alkanes) is 27. The van der Waals surface area contributed by atoms with Crippen molar-refractivity contribution in [3.63, 3.8) is 0 Å². The maximum Gasteiger partial charge on any atom is 0.257 e. The van der Waals surface area contributed by atoms with E-state index in [0.717, 1.165) is 0 Å². The van der Waals surface area contributed by atoms with Gasteiger partial charge in [-0.2, -0.15) is 0 Å². The molecule has 1 N–H and O–H groups in total. The number of hydrogen-bond donors (Lipinski definition) is 1. The van der Waals surface area contributed by atoms with Crippen LogP contribution in [0, 0.1) is 0 Å². The quantitative estimate of drug-likeness (QED) is 0.0579. The normalized spacial score (nSPS) is 13.1. The highest BCUT2D eigenvalue weighted by Crippen LogP contribution is 2.27. The Labute approximate surface area is 278 Å². The molecule has 1 heterocycles. The molecule has 44 heavy (non-hydrogen) atoms. The van der Waals surface area contributed by atoms with E-state index in [-0.39, 0.29) is 0 Å². The number of rotatable bonds is 35. The highest BCUT2D eigenvalue weighted by atomic mass is 15.1. The zero-order valence-electron chi connectivity index (χ0n) is 31.1. The van der Waals surface area contributed by atoms with E-state index in [1.807, 2.05) is 0 Å². The van der Waals surface area contributed by atoms with E-state index in [1.165, 1.54) is 218 Å². The zero-order valence-corrected chi connectivity index (χ0v) is 31.1. The van der Waals surface area contributed by atoms with E-state index in [1.54, 1.807) is 0 Å². The van der Waals surface area contributed by atoms with Crippen LogP contribution in [0.5, 0.6) is 0 Å². The van der Waals surface area contributed by atoms with Crippen molar-refractivity contribution >= 4 is 0 Å². The van der Waals surface area contributed by atoms with Crippen LogP contribution in [0.25, 0.3) is 0 Å². The fourth-order valence-electron chi connectivity index (χ4n) is 7.31. The second-order valence-electron chi connectivity index (χ2n) is 14.7. The topological polar surface area (TPSA) is 19.7 Å². The second-order valence-corrected chi connectivity index (χ2v) is 14.7. The van der Waals surface area contributed by atoms with Crippen LogP contribution in [-0.2, 0) is 0 Å². The monoisotopic (exact) mass is 616 g/mol. The molecule has 0 saturated heterocycles. The van der Waals surface area contributed by atoms with E-state index in [0.29, 0.717) is 12.0 Å². The number of aromatic nitrogens is 2. The Morgan fingerprint density at radius 3 is 1.11 bits per heavy atom. The molecule has 2 nitrogen and oxygen atoms in total. The Hall–Kier alpha value is -0.790. The molecule has 0 bridgehead atoms. The zero-order chi connectivity index (χ0) is 31.8. The minimum atomic E-state index is 0.619. The Morgan fingerprint density at radius 2 is 0.727 bits per heavy atom. The minimum Gasteiger partial charge on any atom is -0.247 e. The maximum atomic E-state index is 3.72. The Morgan fingerprint density at radius 1 is 0.432 bits per heavy atom. The van der Waals surface area contributed by atoms with Crippen LogP contribution in [0.2, 0.25) is 0 Å². The number of hydrogen-bond acceptors (Lipinski definition) is 0. The van der Waals surface area contributed by atoms with Gasteiger partial charge in [0.15, 0.2) is 0 Å². The smallest absolute Gasteiger partial charge is 0.247 e. The Bertz CT molecular complexity index is 679. The van der Waals surface area contributed by atoms with Crippen molar-refractivity contribution in [1.82, 2.24) is 4.98 Å². The number of nitrogens with zero attached hydrogens (tertiary/aromatic N) is 1. The molecule has 0 aliphatic heterocycles. The summed E-state index contributed by atoms with van der Waals surface area (Å²) in [5.41, 5.74) is 0. The first-order valence-electron chi connectivity index (χ1n) is 20.8. The van der Waals surface area contributed by atoms with Crippen molar-refractivity contribution < 1.29 is 4.57 Å². The van der Waals surface area contributed by atoms with Crippen molar-refractivity contribution in [1.29, 1.82) is 0 Å². The third-order valence-electron chi connectivity index (χ3n) is 10.4. The molecule has 2 unspecified atom stereocenters. The van der Waals surface area contributed by atoms with E-state index in [4.69, 9.17) is 0 Å². The number of H-pyrrole nitrogens is 1. The summed E-state index contributed by atoms with van der Waals surface area (Å²) in [6.45, 7) is 9.43. The Balaban J connectivity index is 2.20. The van der Waals surface area contributed by atoms with Gasteiger partial charge in [-0.05, 0) is 32.6 Å². The number of imidazole rings is 1. The first kappa shape index (κ1) is 41.2. The van der Waals surface area contributed by atoms with Gasteiger partial charge in [-0.15, -0.1) is 0 Å². The molecule has 1 aromatic rings. The molecule has 0 radical (unpaired) electrons. The third-order valence-corrected chi connectivity index (χ3v) is 10.4. The summed E-state index contributed by atoms with van der Waals surface area (Å²) in [4.78, 5) is 3.72. The van der Waals surface area contributed by atoms with Gasteiger partial charge >= 0.3 is 0 Å². The molecule has 0 aliphatic carbocycles. The molecule has 0 amide bonds. The second kappa shape index (κ2) is 32.2. The molecule has 260 valence electrons. The van der Waals surface area contributed by atoms with Crippen molar-refractivity contribution in [3.05, 3.63) is 18.2 Å². The van der Waals surface area contributed by atoms with E-state index in [9.17, 15) is 0 Å². The van der Waals surface area contributed by atoms with Gasteiger partial charge in [-0.1, -0.05) is 207 Å². The fourth-order valence-corrected chi connectivity index (χ4v) is 7.31. The lowest BCUT2D eigenvalue weighted by molar-refractivity contribution is -0.727. The third kappa shape index (κ3) is 23.5. The summed E-state index contributed by atoms with van der Waals surface area (Å²) in [5, 5.41) is 0. The highest BCUT2D eigenvalue weighted by molar-refractivity contribution is 4.90. The van der Waals surface area contributed by atoms with Crippen LogP contribution in [0.15, 0.2) is 12.4 Å². The van der Waals surface area contributed by atoms with Crippen LogP contribution in [0.3, 0.4) is 0 Å².